The number of halogens is 3. The van der Waals surface area contributed by atoms with Crippen molar-refractivity contribution in [3.05, 3.63) is 59.6 Å². The lowest BCUT2D eigenvalue weighted by molar-refractivity contribution is -0.130. The van der Waals surface area contributed by atoms with E-state index in [2.05, 4.69) is 15.2 Å². The molecular weight excluding hydrogens is 461 g/mol. The van der Waals surface area contributed by atoms with Crippen LogP contribution in [0.3, 0.4) is 0 Å². The molecule has 4 rings (SSSR count). The highest BCUT2D eigenvalue weighted by molar-refractivity contribution is 6.10. The van der Waals surface area contributed by atoms with Crippen LogP contribution in [0.4, 0.5) is 18.9 Å². The van der Waals surface area contributed by atoms with Crippen LogP contribution in [0.1, 0.15) is 29.0 Å². The fourth-order valence-electron chi connectivity index (χ4n) is 4.16. The van der Waals surface area contributed by atoms with Gasteiger partial charge < -0.3 is 9.80 Å². The lowest BCUT2D eigenvalue weighted by Crippen LogP contribution is -2.43. The smallest absolute Gasteiger partial charge is 0.336 e. The van der Waals surface area contributed by atoms with Crippen LogP contribution in [-0.4, -0.2) is 73.0 Å². The molecule has 1 aromatic heterocycles. The largest absolute Gasteiger partial charge is 0.406 e. The summed E-state index contributed by atoms with van der Waals surface area (Å²) in [7, 11) is 3.83. The molecule has 11 heteroatoms. The van der Waals surface area contributed by atoms with Gasteiger partial charge in [0.1, 0.15) is 18.3 Å². The van der Waals surface area contributed by atoms with Crippen LogP contribution in [-0.2, 0) is 4.79 Å². The first-order chi connectivity index (χ1) is 16.6. The minimum absolute atomic E-state index is 0.0926. The predicted molar refractivity (Wildman–Crippen MR) is 124 cm³/mol. The number of benzene rings is 1. The number of fused-ring (bicyclic) bond motifs is 3. The molecule has 1 unspecified atom stereocenters. The van der Waals surface area contributed by atoms with E-state index < -0.39 is 24.7 Å². The monoisotopic (exact) mass is 486 g/mol. The van der Waals surface area contributed by atoms with E-state index in [1.54, 1.807) is 29.2 Å². The summed E-state index contributed by atoms with van der Waals surface area (Å²) in [6.45, 7) is 2.07. The number of carbonyl (C=O) groups excluding carboxylic acids is 2. The van der Waals surface area contributed by atoms with Gasteiger partial charge in [-0.05, 0) is 38.7 Å². The number of alkyl halides is 3. The van der Waals surface area contributed by atoms with E-state index in [0.29, 0.717) is 41.2 Å². The Morgan fingerprint density at radius 1 is 1.17 bits per heavy atom. The number of azo groups is 1. The lowest BCUT2D eigenvalue weighted by atomic mass is 9.90. The summed E-state index contributed by atoms with van der Waals surface area (Å²) < 4.78 is 40.1. The summed E-state index contributed by atoms with van der Waals surface area (Å²) in [6.07, 6.45) is -1.89. The van der Waals surface area contributed by atoms with Crippen molar-refractivity contribution in [2.45, 2.75) is 19.1 Å². The normalized spacial score (nSPS) is 16.9. The molecule has 0 bridgehead atoms. The Hall–Kier alpha value is -3.60. The van der Waals surface area contributed by atoms with Crippen molar-refractivity contribution < 1.29 is 22.8 Å². The average Bonchev–Trinajstić information content (AvgIpc) is 3.31. The van der Waals surface area contributed by atoms with Gasteiger partial charge in [-0.15, -0.1) is 0 Å². The van der Waals surface area contributed by atoms with E-state index in [1.165, 1.54) is 18.5 Å². The van der Waals surface area contributed by atoms with Crippen molar-refractivity contribution in [1.29, 1.82) is 0 Å². The molecule has 2 aromatic rings. The van der Waals surface area contributed by atoms with Gasteiger partial charge in [0.2, 0.25) is 0 Å². The summed E-state index contributed by atoms with van der Waals surface area (Å²) in [5, 5.41) is 7.78. The molecule has 2 aliphatic rings. The topological polar surface area (TPSA) is 81.5 Å². The van der Waals surface area contributed by atoms with Crippen molar-refractivity contribution in [2.75, 3.05) is 45.2 Å². The van der Waals surface area contributed by atoms with Crippen molar-refractivity contribution in [3.8, 4) is 11.1 Å². The molecule has 0 N–H and O–H groups in total. The highest BCUT2D eigenvalue weighted by atomic mass is 19.4. The van der Waals surface area contributed by atoms with Gasteiger partial charge in [-0.1, -0.05) is 18.2 Å². The maximum atomic E-state index is 13.4. The second-order valence-corrected chi connectivity index (χ2v) is 8.59. The van der Waals surface area contributed by atoms with Crippen molar-refractivity contribution in [3.63, 3.8) is 0 Å². The average molecular weight is 486 g/mol. The first kappa shape index (κ1) is 24.5. The summed E-state index contributed by atoms with van der Waals surface area (Å²) in [6, 6.07) is 7.44. The number of nitrogens with zero attached hydrogens (tertiary/aromatic N) is 6. The molecule has 2 aliphatic heterocycles. The van der Waals surface area contributed by atoms with Crippen molar-refractivity contribution in [1.82, 2.24) is 14.8 Å². The second-order valence-electron chi connectivity index (χ2n) is 8.59. The van der Waals surface area contributed by atoms with E-state index in [0.717, 1.165) is 0 Å². The molecule has 0 saturated carbocycles. The number of anilines is 1. The zero-order valence-electron chi connectivity index (χ0n) is 19.6. The molecule has 0 spiro atoms. The highest BCUT2D eigenvalue weighted by Crippen LogP contribution is 2.45. The molecule has 0 fully saturated rings. The summed E-state index contributed by atoms with van der Waals surface area (Å²) in [5.74, 6) is -1.06. The van der Waals surface area contributed by atoms with E-state index in [1.807, 2.05) is 25.9 Å². The first-order valence-corrected chi connectivity index (χ1v) is 11.1. The standard InChI is InChI=1S/C24H25F3N6O2/c1-4-32(11-10-31(2)3)23(35)21-16(6-5-9-28-21)15-7-8-17-19(12-15)33(14-24(25,26)27)22(34)18-13-29-30-20(17)18/h5-9,12-13,20H,4,10-11,14H2,1-3H3. The summed E-state index contributed by atoms with van der Waals surface area (Å²) >= 11 is 0. The van der Waals surface area contributed by atoms with Crippen LogP contribution in [0.15, 0.2) is 58.5 Å². The van der Waals surface area contributed by atoms with Gasteiger partial charge in [0.25, 0.3) is 11.8 Å². The second kappa shape index (κ2) is 9.57. The Bertz CT molecular complexity index is 1210. The van der Waals surface area contributed by atoms with Gasteiger partial charge in [-0.3, -0.25) is 19.5 Å². The Kier molecular flexibility index (Phi) is 6.70. The summed E-state index contributed by atoms with van der Waals surface area (Å²) in [4.78, 5) is 34.8. The van der Waals surface area contributed by atoms with Gasteiger partial charge in [-0.2, -0.15) is 23.4 Å². The van der Waals surface area contributed by atoms with Crippen LogP contribution in [0.2, 0.25) is 0 Å². The van der Waals surface area contributed by atoms with Crippen molar-refractivity contribution in [2.24, 2.45) is 10.2 Å². The van der Waals surface area contributed by atoms with Crippen LogP contribution >= 0.6 is 0 Å². The molecule has 35 heavy (non-hydrogen) atoms. The number of amides is 2. The van der Waals surface area contributed by atoms with Gasteiger partial charge in [-0.25, -0.2) is 0 Å². The Labute approximate surface area is 200 Å². The highest BCUT2D eigenvalue weighted by Gasteiger charge is 2.43. The lowest BCUT2D eigenvalue weighted by Gasteiger charge is -2.33. The molecule has 1 aromatic carbocycles. The number of carbonyl (C=O) groups is 2. The molecular formula is C24H25F3N6O2. The molecule has 0 radical (unpaired) electrons. The van der Waals surface area contributed by atoms with Crippen LogP contribution < -0.4 is 4.90 Å². The number of likely N-dealkylation sites (N-methyl/N-ethyl adjacent to an activating group) is 2. The summed E-state index contributed by atoms with van der Waals surface area (Å²) in [5.41, 5.74) is 1.78. The van der Waals surface area contributed by atoms with E-state index in [9.17, 15) is 22.8 Å². The number of hydrogen-bond acceptors (Lipinski definition) is 6. The number of hydrogen-bond donors (Lipinski definition) is 0. The Morgan fingerprint density at radius 2 is 1.94 bits per heavy atom. The fraction of sp³-hybridized carbons (Fsp3) is 0.375. The van der Waals surface area contributed by atoms with E-state index >= 15 is 0 Å². The quantitative estimate of drug-likeness (QED) is 0.591. The Balaban J connectivity index is 1.77. The van der Waals surface area contributed by atoms with Crippen LogP contribution in [0.25, 0.3) is 11.1 Å². The number of pyridine rings is 1. The maximum Gasteiger partial charge on any atom is 0.406 e. The van der Waals surface area contributed by atoms with E-state index in [-0.39, 0.29) is 22.9 Å². The SMILES string of the molecule is CCN(CCN(C)C)C(=O)c1ncccc1-c1ccc2c(c1)N(CC(F)(F)F)C(=O)C1=CN=NC12. The zero-order chi connectivity index (χ0) is 25.3. The predicted octanol–water partition coefficient (Wildman–Crippen LogP) is 4.07. The van der Waals surface area contributed by atoms with Crippen LogP contribution in [0, 0.1) is 0 Å². The third-order valence-corrected chi connectivity index (χ3v) is 5.93. The van der Waals surface area contributed by atoms with Gasteiger partial charge in [0.05, 0.1) is 17.5 Å². The van der Waals surface area contributed by atoms with Gasteiger partial charge in [0.15, 0.2) is 0 Å². The number of rotatable bonds is 7. The van der Waals surface area contributed by atoms with Gasteiger partial charge >= 0.3 is 6.18 Å². The molecule has 3 heterocycles. The number of aromatic nitrogens is 1. The first-order valence-electron chi connectivity index (χ1n) is 11.1. The van der Waals surface area contributed by atoms with E-state index in [4.69, 9.17) is 0 Å². The molecule has 1 atom stereocenters. The van der Waals surface area contributed by atoms with Gasteiger partial charge in [0, 0.05) is 37.0 Å². The molecule has 0 saturated heterocycles. The molecule has 0 aliphatic carbocycles. The minimum Gasteiger partial charge on any atom is -0.336 e. The maximum absolute atomic E-state index is 13.4. The molecule has 2 amide bonds. The Morgan fingerprint density at radius 3 is 2.63 bits per heavy atom. The molecule has 184 valence electrons. The van der Waals surface area contributed by atoms with Crippen LogP contribution in [0.5, 0.6) is 0 Å². The minimum atomic E-state index is -4.60. The third kappa shape index (κ3) is 4.95. The zero-order valence-corrected chi connectivity index (χ0v) is 19.6. The fourth-order valence-corrected chi connectivity index (χ4v) is 4.16. The van der Waals surface area contributed by atoms with Crippen molar-refractivity contribution >= 4 is 17.5 Å². The third-order valence-electron chi connectivity index (χ3n) is 5.93. The molecule has 8 nitrogen and oxygen atoms in total.